The first-order valence-corrected chi connectivity index (χ1v) is 2.63. The lowest BCUT2D eigenvalue weighted by molar-refractivity contribution is 0.791. The van der Waals surface area contributed by atoms with Crippen molar-refractivity contribution in [3.63, 3.8) is 0 Å². The van der Waals surface area contributed by atoms with Gasteiger partial charge in [0.2, 0.25) is 5.82 Å². The summed E-state index contributed by atoms with van der Waals surface area (Å²) in [6.45, 7) is 0. The van der Waals surface area contributed by atoms with Crippen molar-refractivity contribution in [2.75, 3.05) is 0 Å². The van der Waals surface area contributed by atoms with Crippen LogP contribution in [0.4, 0.5) is 10.2 Å². The summed E-state index contributed by atoms with van der Waals surface area (Å²) >= 11 is 0. The Morgan fingerprint density at radius 2 is 2.00 bits per heavy atom. The predicted octanol–water partition coefficient (Wildman–Crippen LogP) is 0.357. The van der Waals surface area contributed by atoms with E-state index in [0.717, 1.165) is 0 Å². The fourth-order valence-electron chi connectivity index (χ4n) is 0.688. The molecule has 49 valence electrons. The topological polar surface area (TPSA) is 52.2 Å². The minimum absolute atomic E-state index is 0.127. The molecule has 1 aliphatic heterocycles. The van der Waals surface area contributed by atoms with Crippen LogP contribution in [-0.4, -0.2) is 15.9 Å². The second kappa shape index (κ2) is 1.73. The molecule has 0 amide bonds. The van der Waals surface area contributed by atoms with Gasteiger partial charge in [0, 0.05) is 12.4 Å². The molecule has 1 aliphatic rings. The van der Waals surface area contributed by atoms with Gasteiger partial charge in [0.05, 0.1) is 0 Å². The Hall–Kier alpha value is -1.52. The summed E-state index contributed by atoms with van der Waals surface area (Å²) in [7, 11) is 0. The molecule has 5 heteroatoms. The predicted molar refractivity (Wildman–Crippen MR) is 31.5 cm³/mol. The fourth-order valence-corrected chi connectivity index (χ4v) is 0.688. The van der Waals surface area contributed by atoms with E-state index in [0.29, 0.717) is 0 Å². The van der Waals surface area contributed by atoms with Crippen LogP contribution < -0.4 is 5.43 Å². The lowest BCUT2D eigenvalue weighted by Gasteiger charge is -1.88. The molecule has 0 unspecified atom stereocenters. The van der Waals surface area contributed by atoms with Gasteiger partial charge in [0.1, 0.15) is 0 Å². The van der Waals surface area contributed by atoms with Gasteiger partial charge in [0.25, 0.3) is 5.97 Å². The molecule has 1 aromatic rings. The van der Waals surface area contributed by atoms with Crippen LogP contribution in [0.2, 0.25) is 0 Å². The minimum Gasteiger partial charge on any atom is -0.246 e. The molecule has 1 radical (unpaired) electrons. The number of fused-ring (bicyclic) bond motifs is 1. The van der Waals surface area contributed by atoms with Crippen molar-refractivity contribution in [3.05, 3.63) is 18.1 Å². The Morgan fingerprint density at radius 1 is 1.20 bits per heavy atom. The Balaban J connectivity index is 2.61. The van der Waals surface area contributed by atoms with Crippen molar-refractivity contribution in [1.82, 2.24) is 15.4 Å². The van der Waals surface area contributed by atoms with Gasteiger partial charge in [-0.15, -0.1) is 10.5 Å². The molecule has 0 bridgehead atoms. The van der Waals surface area contributed by atoms with Gasteiger partial charge in [-0.25, -0.2) is 9.97 Å². The molecule has 0 aliphatic carbocycles. The molecule has 0 spiro atoms. The second-order valence-electron chi connectivity index (χ2n) is 1.72. The Labute approximate surface area is 55.8 Å². The average Bonchev–Trinajstić information content (AvgIpc) is 2.34. The molecular weight excluding hydrogens is 135 g/mol. The van der Waals surface area contributed by atoms with Crippen molar-refractivity contribution >= 4 is 11.8 Å². The number of hydrogen-bond acceptors (Lipinski definition) is 3. The van der Waals surface area contributed by atoms with Gasteiger partial charge in [0.15, 0.2) is 5.69 Å². The summed E-state index contributed by atoms with van der Waals surface area (Å²) in [5.74, 6) is -0.414. The van der Waals surface area contributed by atoms with Gasteiger partial charge in [-0.1, -0.05) is 0 Å². The molecular formula is C5H2FN4. The SMILES string of the molecule is FC1=N[N]c2nccnc21. The van der Waals surface area contributed by atoms with E-state index in [4.69, 9.17) is 0 Å². The van der Waals surface area contributed by atoms with Gasteiger partial charge in [-0.2, -0.15) is 4.39 Å². The van der Waals surface area contributed by atoms with E-state index in [-0.39, 0.29) is 11.5 Å². The van der Waals surface area contributed by atoms with Crippen molar-refractivity contribution in [3.8, 4) is 0 Å². The molecule has 0 saturated carbocycles. The molecule has 4 nitrogen and oxygen atoms in total. The Morgan fingerprint density at radius 3 is 2.80 bits per heavy atom. The van der Waals surface area contributed by atoms with E-state index in [9.17, 15) is 4.39 Å². The highest BCUT2D eigenvalue weighted by atomic mass is 19.1. The average molecular weight is 137 g/mol. The number of halogens is 1. The molecule has 0 aromatic carbocycles. The van der Waals surface area contributed by atoms with Crippen LogP contribution in [0.25, 0.3) is 0 Å². The number of nitrogens with zero attached hydrogens (tertiary/aromatic N) is 4. The molecule has 0 N–H and O–H groups in total. The zero-order valence-electron chi connectivity index (χ0n) is 4.82. The third-order valence-corrected chi connectivity index (χ3v) is 1.11. The Kier molecular flexibility index (Phi) is 0.913. The zero-order chi connectivity index (χ0) is 6.97. The molecule has 2 heterocycles. The highest BCUT2D eigenvalue weighted by molar-refractivity contribution is 5.97. The van der Waals surface area contributed by atoms with Gasteiger partial charge in [-0.05, 0) is 0 Å². The fraction of sp³-hybridized carbons (Fsp3) is 0. The quantitative estimate of drug-likeness (QED) is 0.518. The standard InChI is InChI=1S/C5H2FN4/c6-4-3-5(10-9-4)8-2-1-7-3/h1-2H. The second-order valence-corrected chi connectivity index (χ2v) is 1.72. The van der Waals surface area contributed by atoms with Crippen molar-refractivity contribution in [1.29, 1.82) is 0 Å². The summed E-state index contributed by atoms with van der Waals surface area (Å²) < 4.78 is 12.5. The molecule has 10 heavy (non-hydrogen) atoms. The van der Waals surface area contributed by atoms with E-state index in [2.05, 4.69) is 20.5 Å². The largest absolute Gasteiger partial charge is 0.262 e. The lowest BCUT2D eigenvalue weighted by Crippen LogP contribution is -1.92. The maximum atomic E-state index is 12.5. The Bertz CT molecular complexity index is 295. The maximum absolute atomic E-state index is 12.5. The molecule has 2 rings (SSSR count). The summed E-state index contributed by atoms with van der Waals surface area (Å²) in [5.41, 5.74) is 3.55. The summed E-state index contributed by atoms with van der Waals surface area (Å²) in [6, 6.07) is 0. The van der Waals surface area contributed by atoms with Crippen LogP contribution in [-0.2, 0) is 0 Å². The lowest BCUT2D eigenvalue weighted by atomic mass is 10.4. The van der Waals surface area contributed by atoms with E-state index in [1.165, 1.54) is 12.4 Å². The number of aromatic nitrogens is 2. The summed E-state index contributed by atoms with van der Waals surface area (Å²) in [6.07, 6.45) is 2.84. The zero-order valence-corrected chi connectivity index (χ0v) is 4.82. The number of rotatable bonds is 0. The van der Waals surface area contributed by atoms with E-state index >= 15 is 0 Å². The minimum atomic E-state index is -0.664. The van der Waals surface area contributed by atoms with Crippen LogP contribution in [0.1, 0.15) is 5.69 Å². The van der Waals surface area contributed by atoms with Crippen LogP contribution in [0.5, 0.6) is 0 Å². The van der Waals surface area contributed by atoms with Crippen LogP contribution in [0.3, 0.4) is 0 Å². The van der Waals surface area contributed by atoms with Crippen molar-refractivity contribution < 1.29 is 4.39 Å². The normalized spacial score (nSPS) is 13.9. The molecule has 1 aromatic heterocycles. The number of hydrogen-bond donors (Lipinski definition) is 0. The molecule has 0 fully saturated rings. The third-order valence-electron chi connectivity index (χ3n) is 1.11. The van der Waals surface area contributed by atoms with Crippen molar-refractivity contribution in [2.24, 2.45) is 5.10 Å². The molecule has 0 atom stereocenters. The highest BCUT2D eigenvalue weighted by Crippen LogP contribution is 2.16. The van der Waals surface area contributed by atoms with Gasteiger partial charge < -0.3 is 0 Å². The van der Waals surface area contributed by atoms with E-state index in [1.807, 2.05) is 0 Å². The van der Waals surface area contributed by atoms with Crippen LogP contribution >= 0.6 is 0 Å². The first-order chi connectivity index (χ1) is 4.88. The van der Waals surface area contributed by atoms with E-state index in [1.54, 1.807) is 0 Å². The summed E-state index contributed by atoms with van der Waals surface area (Å²) in [4.78, 5) is 7.40. The third kappa shape index (κ3) is 0.570. The maximum Gasteiger partial charge on any atom is 0.262 e. The summed E-state index contributed by atoms with van der Waals surface area (Å²) in [5, 5.41) is 3.15. The van der Waals surface area contributed by atoms with Gasteiger partial charge in [-0.3, -0.25) is 0 Å². The van der Waals surface area contributed by atoms with Crippen LogP contribution in [0.15, 0.2) is 17.5 Å². The smallest absolute Gasteiger partial charge is 0.246 e. The first-order valence-electron chi connectivity index (χ1n) is 2.63. The van der Waals surface area contributed by atoms with Gasteiger partial charge >= 0.3 is 0 Å². The van der Waals surface area contributed by atoms with E-state index < -0.39 is 5.97 Å². The van der Waals surface area contributed by atoms with Crippen LogP contribution in [0, 0.1) is 0 Å². The monoisotopic (exact) mass is 137 g/mol. The van der Waals surface area contributed by atoms with Crippen molar-refractivity contribution in [2.45, 2.75) is 0 Å². The highest BCUT2D eigenvalue weighted by Gasteiger charge is 2.18. The molecule has 0 saturated heterocycles. The first kappa shape index (κ1) is 5.28.